The van der Waals surface area contributed by atoms with Crippen molar-refractivity contribution >= 4 is 27.6 Å². The van der Waals surface area contributed by atoms with Crippen LogP contribution >= 0.6 is 15.9 Å². The molecule has 1 aromatic carbocycles. The van der Waals surface area contributed by atoms with Gasteiger partial charge in [-0.15, -0.1) is 0 Å². The Morgan fingerprint density at radius 1 is 1.60 bits per heavy atom. The van der Waals surface area contributed by atoms with E-state index in [9.17, 15) is 20.0 Å². The predicted octanol–water partition coefficient (Wildman–Crippen LogP) is 1.93. The highest BCUT2D eigenvalue weighted by molar-refractivity contribution is 9.10. The Labute approximate surface area is 123 Å². The maximum atomic E-state index is 11.3. The van der Waals surface area contributed by atoms with Gasteiger partial charge in [-0.2, -0.15) is 0 Å². The first kappa shape index (κ1) is 14.7. The molecular formula is C12H13BrN2O5. The van der Waals surface area contributed by atoms with Crippen molar-refractivity contribution in [2.24, 2.45) is 11.7 Å². The first-order valence-electron chi connectivity index (χ1n) is 5.94. The van der Waals surface area contributed by atoms with Crippen LogP contribution in [-0.4, -0.2) is 28.1 Å². The van der Waals surface area contributed by atoms with Crippen LogP contribution in [0.15, 0.2) is 22.7 Å². The summed E-state index contributed by atoms with van der Waals surface area (Å²) >= 11 is 3.08. The quantitative estimate of drug-likeness (QED) is 0.601. The molecule has 1 fully saturated rings. The summed E-state index contributed by atoms with van der Waals surface area (Å²) in [6, 6.07) is 4.31. The van der Waals surface area contributed by atoms with Crippen molar-refractivity contribution in [3.8, 4) is 5.75 Å². The Bertz CT molecular complexity index is 561. The molecule has 1 unspecified atom stereocenters. The van der Waals surface area contributed by atoms with Crippen LogP contribution in [0.25, 0.3) is 0 Å². The Hall–Kier alpha value is -1.67. The summed E-state index contributed by atoms with van der Waals surface area (Å²) in [6.07, 6.45) is 1.50. The standard InChI is InChI=1S/C12H13BrN2O5/c13-10-8(15(18)19)2-1-3-9(10)20-6-12(14,11(16)17)7-4-5-7/h1-3,7H,4-6,14H2,(H,16,17). The first-order chi connectivity index (χ1) is 9.36. The van der Waals surface area contributed by atoms with Crippen molar-refractivity contribution in [2.75, 3.05) is 6.61 Å². The number of benzene rings is 1. The van der Waals surface area contributed by atoms with E-state index in [0.717, 1.165) is 12.8 Å². The molecule has 1 aromatic rings. The number of nitro groups is 1. The molecule has 0 spiro atoms. The molecule has 20 heavy (non-hydrogen) atoms. The fraction of sp³-hybridized carbons (Fsp3) is 0.417. The summed E-state index contributed by atoms with van der Waals surface area (Å²) in [6.45, 7) is -0.229. The molecular weight excluding hydrogens is 332 g/mol. The monoisotopic (exact) mass is 344 g/mol. The number of hydrogen-bond donors (Lipinski definition) is 2. The van der Waals surface area contributed by atoms with Gasteiger partial charge in [-0.3, -0.25) is 14.9 Å². The van der Waals surface area contributed by atoms with Crippen LogP contribution < -0.4 is 10.5 Å². The maximum Gasteiger partial charge on any atom is 0.327 e. The molecule has 3 N–H and O–H groups in total. The van der Waals surface area contributed by atoms with E-state index in [2.05, 4.69) is 15.9 Å². The van der Waals surface area contributed by atoms with E-state index in [-0.39, 0.29) is 28.4 Å². The van der Waals surface area contributed by atoms with Crippen molar-refractivity contribution in [3.63, 3.8) is 0 Å². The number of nitro benzene ring substituents is 1. The van der Waals surface area contributed by atoms with Crippen LogP contribution in [0.5, 0.6) is 5.75 Å². The van der Waals surface area contributed by atoms with Crippen molar-refractivity contribution in [1.82, 2.24) is 0 Å². The molecule has 1 saturated carbocycles. The van der Waals surface area contributed by atoms with Gasteiger partial charge in [0.05, 0.1) is 4.92 Å². The highest BCUT2D eigenvalue weighted by Crippen LogP contribution is 2.40. The van der Waals surface area contributed by atoms with Crippen molar-refractivity contribution in [3.05, 3.63) is 32.8 Å². The van der Waals surface area contributed by atoms with Gasteiger partial charge in [0.1, 0.15) is 16.8 Å². The molecule has 1 aliphatic rings. The zero-order valence-corrected chi connectivity index (χ0v) is 12.0. The molecule has 0 bridgehead atoms. The van der Waals surface area contributed by atoms with E-state index in [1.165, 1.54) is 18.2 Å². The van der Waals surface area contributed by atoms with Crippen molar-refractivity contribution < 1.29 is 19.6 Å². The van der Waals surface area contributed by atoms with Gasteiger partial charge in [0.2, 0.25) is 0 Å². The average Bonchev–Trinajstić information content (AvgIpc) is 3.21. The first-order valence-corrected chi connectivity index (χ1v) is 6.73. The highest BCUT2D eigenvalue weighted by Gasteiger charge is 2.49. The van der Waals surface area contributed by atoms with E-state index < -0.39 is 16.4 Å². The minimum absolute atomic E-state index is 0.113. The topological polar surface area (TPSA) is 116 Å². The largest absolute Gasteiger partial charge is 0.490 e. The molecule has 8 heteroatoms. The van der Waals surface area contributed by atoms with Gasteiger partial charge in [0.15, 0.2) is 5.54 Å². The van der Waals surface area contributed by atoms with E-state index in [0.29, 0.717) is 0 Å². The van der Waals surface area contributed by atoms with Crippen molar-refractivity contribution in [1.29, 1.82) is 0 Å². The lowest BCUT2D eigenvalue weighted by Crippen LogP contribution is -2.54. The summed E-state index contributed by atoms with van der Waals surface area (Å²) in [5, 5.41) is 20.0. The number of nitrogens with zero attached hydrogens (tertiary/aromatic N) is 1. The van der Waals surface area contributed by atoms with E-state index >= 15 is 0 Å². The summed E-state index contributed by atoms with van der Waals surface area (Å²) in [5.74, 6) is -1.03. The third-order valence-corrected chi connectivity index (χ3v) is 4.11. The van der Waals surface area contributed by atoms with Gasteiger partial charge >= 0.3 is 5.97 Å². The fourth-order valence-corrected chi connectivity index (χ4v) is 2.43. The minimum atomic E-state index is -1.45. The van der Waals surface area contributed by atoms with Crippen LogP contribution in [0, 0.1) is 16.0 Å². The summed E-state index contributed by atoms with van der Waals surface area (Å²) in [7, 11) is 0. The molecule has 2 rings (SSSR count). The molecule has 0 aromatic heterocycles. The van der Waals surface area contributed by atoms with Gasteiger partial charge in [0, 0.05) is 6.07 Å². The Kier molecular flexibility index (Phi) is 3.96. The lowest BCUT2D eigenvalue weighted by atomic mass is 9.96. The van der Waals surface area contributed by atoms with Crippen LogP contribution in [0.1, 0.15) is 12.8 Å². The molecule has 1 aliphatic carbocycles. The zero-order valence-electron chi connectivity index (χ0n) is 10.4. The van der Waals surface area contributed by atoms with Gasteiger partial charge in [0.25, 0.3) is 5.69 Å². The van der Waals surface area contributed by atoms with Crippen LogP contribution in [0.3, 0.4) is 0 Å². The third-order valence-electron chi connectivity index (χ3n) is 3.31. The highest BCUT2D eigenvalue weighted by atomic mass is 79.9. The number of aliphatic carboxylic acids is 1. The average molecular weight is 345 g/mol. The lowest BCUT2D eigenvalue weighted by molar-refractivity contribution is -0.385. The summed E-state index contributed by atoms with van der Waals surface area (Å²) in [5.41, 5.74) is 4.27. The number of nitrogens with two attached hydrogens (primary N) is 1. The second-order valence-corrected chi connectivity index (χ2v) is 5.55. The zero-order chi connectivity index (χ0) is 14.9. The van der Waals surface area contributed by atoms with Crippen molar-refractivity contribution in [2.45, 2.75) is 18.4 Å². The SMILES string of the molecule is NC(COc1cccc([N+](=O)[O-])c1Br)(C(=O)O)C1CC1. The molecule has 108 valence electrons. The Balaban J connectivity index is 2.16. The summed E-state index contributed by atoms with van der Waals surface area (Å²) in [4.78, 5) is 21.5. The molecule has 0 amide bonds. The minimum Gasteiger partial charge on any atom is -0.490 e. The number of ether oxygens (including phenoxy) is 1. The predicted molar refractivity (Wildman–Crippen MR) is 73.6 cm³/mol. The smallest absolute Gasteiger partial charge is 0.327 e. The van der Waals surface area contributed by atoms with Gasteiger partial charge < -0.3 is 15.6 Å². The number of carboxylic acids is 1. The third kappa shape index (κ3) is 2.75. The van der Waals surface area contributed by atoms with Gasteiger partial charge in [-0.05, 0) is 40.8 Å². The van der Waals surface area contributed by atoms with E-state index in [4.69, 9.17) is 10.5 Å². The molecule has 0 radical (unpaired) electrons. The fourth-order valence-electron chi connectivity index (χ4n) is 1.90. The van der Waals surface area contributed by atoms with Crippen LogP contribution in [0.4, 0.5) is 5.69 Å². The molecule has 0 saturated heterocycles. The number of rotatable bonds is 6. The molecule has 1 atom stereocenters. The second-order valence-electron chi connectivity index (χ2n) is 4.75. The Morgan fingerprint density at radius 2 is 2.25 bits per heavy atom. The number of hydrogen-bond acceptors (Lipinski definition) is 5. The maximum absolute atomic E-state index is 11.3. The Morgan fingerprint density at radius 3 is 2.75 bits per heavy atom. The molecule has 0 heterocycles. The van der Waals surface area contributed by atoms with Crippen LogP contribution in [0.2, 0.25) is 0 Å². The van der Waals surface area contributed by atoms with E-state index in [1.807, 2.05) is 0 Å². The number of halogens is 1. The lowest BCUT2D eigenvalue weighted by Gasteiger charge is -2.24. The van der Waals surface area contributed by atoms with Gasteiger partial charge in [-0.1, -0.05) is 6.07 Å². The summed E-state index contributed by atoms with van der Waals surface area (Å²) < 4.78 is 5.57. The van der Waals surface area contributed by atoms with Crippen LogP contribution in [-0.2, 0) is 4.79 Å². The normalized spacial score (nSPS) is 17.3. The molecule has 7 nitrogen and oxygen atoms in total. The molecule has 0 aliphatic heterocycles. The van der Waals surface area contributed by atoms with Gasteiger partial charge in [-0.25, -0.2) is 0 Å². The van der Waals surface area contributed by atoms with E-state index in [1.54, 1.807) is 0 Å². The number of carboxylic acid groups (broad SMARTS) is 1. The number of carbonyl (C=O) groups is 1. The second kappa shape index (κ2) is 5.37.